The van der Waals surface area contributed by atoms with E-state index >= 15 is 0 Å². The van der Waals surface area contributed by atoms with Crippen molar-refractivity contribution >= 4 is 0 Å². The van der Waals surface area contributed by atoms with Gasteiger partial charge in [-0.2, -0.15) is 0 Å². The number of rotatable bonds is 11. The normalized spacial score (nSPS) is 14.1. The van der Waals surface area contributed by atoms with E-state index in [1.165, 1.54) is 56.1 Å². The van der Waals surface area contributed by atoms with Gasteiger partial charge >= 0.3 is 0 Å². The molecule has 0 saturated carbocycles. The molecule has 0 bridgehead atoms. The van der Waals surface area contributed by atoms with Crippen molar-refractivity contribution in [3.8, 4) is 0 Å². The predicted octanol–water partition coefficient (Wildman–Crippen LogP) is 5.90. The van der Waals surface area contributed by atoms with E-state index in [9.17, 15) is 0 Å². The fraction of sp³-hybridized carbons (Fsp3) is 0.700. The lowest BCUT2D eigenvalue weighted by Crippen LogP contribution is -2.29. The molecule has 1 nitrogen and oxygen atoms in total. The van der Waals surface area contributed by atoms with Crippen molar-refractivity contribution in [1.29, 1.82) is 0 Å². The highest BCUT2D eigenvalue weighted by molar-refractivity contribution is 5.26. The summed E-state index contributed by atoms with van der Waals surface area (Å²) in [6.45, 7) is 10.3. The largest absolute Gasteiger partial charge is 0.310 e. The molecule has 2 unspecified atom stereocenters. The monoisotopic (exact) mass is 289 g/mol. The Morgan fingerprint density at radius 1 is 1.00 bits per heavy atom. The SMILES string of the molecule is CCCCC(CC)C(NCCC)c1cccc(CCC)c1. The Balaban J connectivity index is 2.90. The van der Waals surface area contributed by atoms with Gasteiger partial charge in [-0.15, -0.1) is 0 Å². The van der Waals surface area contributed by atoms with Crippen LogP contribution in [0.4, 0.5) is 0 Å². The van der Waals surface area contributed by atoms with E-state index in [0.29, 0.717) is 6.04 Å². The van der Waals surface area contributed by atoms with Crippen molar-refractivity contribution in [3.05, 3.63) is 35.4 Å². The van der Waals surface area contributed by atoms with Crippen LogP contribution in [0.1, 0.15) is 83.4 Å². The average Bonchev–Trinajstić information content (AvgIpc) is 2.51. The Labute approximate surface area is 132 Å². The Kier molecular flexibility index (Phi) is 9.41. The second kappa shape index (κ2) is 10.8. The van der Waals surface area contributed by atoms with Gasteiger partial charge in [0.1, 0.15) is 0 Å². The molecule has 1 heteroatoms. The minimum Gasteiger partial charge on any atom is -0.310 e. The van der Waals surface area contributed by atoms with E-state index in [1.54, 1.807) is 0 Å². The van der Waals surface area contributed by atoms with Crippen LogP contribution in [0.5, 0.6) is 0 Å². The third-order valence-electron chi connectivity index (χ3n) is 4.39. The first-order valence-electron chi connectivity index (χ1n) is 9.08. The molecule has 0 aromatic heterocycles. The van der Waals surface area contributed by atoms with Gasteiger partial charge in [0.2, 0.25) is 0 Å². The molecule has 0 saturated heterocycles. The molecule has 0 amide bonds. The summed E-state index contributed by atoms with van der Waals surface area (Å²) in [6.07, 6.45) is 8.87. The fourth-order valence-corrected chi connectivity index (χ4v) is 3.16. The molecule has 1 aromatic rings. The molecule has 0 aliphatic carbocycles. The average molecular weight is 290 g/mol. The minimum atomic E-state index is 0.526. The van der Waals surface area contributed by atoms with Crippen molar-refractivity contribution < 1.29 is 0 Å². The number of aryl methyl sites for hydroxylation is 1. The molecule has 0 aliphatic heterocycles. The van der Waals surface area contributed by atoms with E-state index in [1.807, 2.05) is 0 Å². The summed E-state index contributed by atoms with van der Waals surface area (Å²) >= 11 is 0. The molecule has 0 aliphatic rings. The maximum Gasteiger partial charge on any atom is 0.0348 e. The number of nitrogens with one attached hydrogen (secondary N) is 1. The number of unbranched alkanes of at least 4 members (excludes halogenated alkanes) is 1. The summed E-state index contributed by atoms with van der Waals surface area (Å²) in [5.74, 6) is 0.758. The Bertz CT molecular complexity index is 372. The Hall–Kier alpha value is -0.820. The third-order valence-corrected chi connectivity index (χ3v) is 4.39. The quantitative estimate of drug-likeness (QED) is 0.535. The van der Waals surface area contributed by atoms with Gasteiger partial charge in [-0.05, 0) is 42.9 Å². The molecule has 0 heterocycles. The molecule has 1 aromatic carbocycles. The van der Waals surface area contributed by atoms with Crippen LogP contribution >= 0.6 is 0 Å². The van der Waals surface area contributed by atoms with Crippen LogP contribution in [0.25, 0.3) is 0 Å². The third kappa shape index (κ3) is 6.22. The molecule has 21 heavy (non-hydrogen) atoms. The predicted molar refractivity (Wildman–Crippen MR) is 94.8 cm³/mol. The standard InChI is InChI=1S/C20H35N/c1-5-9-13-18(8-4)20(21-15-7-3)19-14-10-12-17(16-19)11-6-2/h10,12,14,16,18,20-21H,5-9,11,13,15H2,1-4H3. The second-order valence-electron chi connectivity index (χ2n) is 6.24. The summed E-state index contributed by atoms with van der Waals surface area (Å²) in [5.41, 5.74) is 2.99. The van der Waals surface area contributed by atoms with Crippen molar-refractivity contribution in [1.82, 2.24) is 5.32 Å². The van der Waals surface area contributed by atoms with Crippen LogP contribution in [0.2, 0.25) is 0 Å². The second-order valence-corrected chi connectivity index (χ2v) is 6.24. The summed E-state index contributed by atoms with van der Waals surface area (Å²) in [5, 5.41) is 3.81. The van der Waals surface area contributed by atoms with Crippen molar-refractivity contribution in [2.45, 2.75) is 78.7 Å². The lowest BCUT2D eigenvalue weighted by molar-refractivity contribution is 0.323. The van der Waals surface area contributed by atoms with E-state index in [0.717, 1.165) is 12.5 Å². The Morgan fingerprint density at radius 3 is 2.43 bits per heavy atom. The fourth-order valence-electron chi connectivity index (χ4n) is 3.16. The van der Waals surface area contributed by atoms with Crippen molar-refractivity contribution in [2.24, 2.45) is 5.92 Å². The molecule has 0 fully saturated rings. The molecular weight excluding hydrogens is 254 g/mol. The minimum absolute atomic E-state index is 0.526. The zero-order chi connectivity index (χ0) is 15.5. The maximum atomic E-state index is 3.81. The lowest BCUT2D eigenvalue weighted by atomic mass is 9.86. The van der Waals surface area contributed by atoms with Gasteiger partial charge in [-0.1, -0.05) is 77.6 Å². The molecular formula is C20H35N. The summed E-state index contributed by atoms with van der Waals surface area (Å²) < 4.78 is 0. The van der Waals surface area contributed by atoms with Gasteiger partial charge in [0.15, 0.2) is 0 Å². The molecule has 1 rings (SSSR count). The maximum absolute atomic E-state index is 3.81. The van der Waals surface area contributed by atoms with Crippen LogP contribution in [0.3, 0.4) is 0 Å². The van der Waals surface area contributed by atoms with Crippen molar-refractivity contribution in [2.75, 3.05) is 6.54 Å². The highest BCUT2D eigenvalue weighted by Crippen LogP contribution is 2.29. The first-order valence-corrected chi connectivity index (χ1v) is 9.08. The number of hydrogen-bond acceptors (Lipinski definition) is 1. The lowest BCUT2D eigenvalue weighted by Gasteiger charge is -2.28. The van der Waals surface area contributed by atoms with Crippen LogP contribution in [0.15, 0.2) is 24.3 Å². The van der Waals surface area contributed by atoms with Gasteiger partial charge in [0.05, 0.1) is 0 Å². The van der Waals surface area contributed by atoms with Crippen LogP contribution in [0, 0.1) is 5.92 Å². The zero-order valence-electron chi connectivity index (χ0n) is 14.6. The Morgan fingerprint density at radius 2 is 1.81 bits per heavy atom. The molecule has 0 radical (unpaired) electrons. The first-order chi connectivity index (χ1) is 10.3. The summed E-state index contributed by atoms with van der Waals surface area (Å²) in [4.78, 5) is 0. The first kappa shape index (κ1) is 18.2. The van der Waals surface area contributed by atoms with Gasteiger partial charge in [-0.3, -0.25) is 0 Å². The highest BCUT2D eigenvalue weighted by Gasteiger charge is 2.20. The van der Waals surface area contributed by atoms with Crippen LogP contribution in [-0.4, -0.2) is 6.54 Å². The molecule has 1 N–H and O–H groups in total. The van der Waals surface area contributed by atoms with Crippen LogP contribution < -0.4 is 5.32 Å². The van der Waals surface area contributed by atoms with E-state index < -0.39 is 0 Å². The highest BCUT2D eigenvalue weighted by atomic mass is 14.9. The summed E-state index contributed by atoms with van der Waals surface area (Å²) in [7, 11) is 0. The van der Waals surface area contributed by atoms with Gasteiger partial charge in [0.25, 0.3) is 0 Å². The molecule has 0 spiro atoms. The van der Waals surface area contributed by atoms with Crippen molar-refractivity contribution in [3.63, 3.8) is 0 Å². The topological polar surface area (TPSA) is 12.0 Å². The zero-order valence-corrected chi connectivity index (χ0v) is 14.6. The van der Waals surface area contributed by atoms with E-state index in [-0.39, 0.29) is 0 Å². The van der Waals surface area contributed by atoms with Gasteiger partial charge < -0.3 is 5.32 Å². The molecule has 120 valence electrons. The number of hydrogen-bond donors (Lipinski definition) is 1. The smallest absolute Gasteiger partial charge is 0.0348 e. The number of benzene rings is 1. The molecule has 2 atom stereocenters. The van der Waals surface area contributed by atoms with Crippen LogP contribution in [-0.2, 0) is 6.42 Å². The van der Waals surface area contributed by atoms with Gasteiger partial charge in [0, 0.05) is 6.04 Å². The summed E-state index contributed by atoms with van der Waals surface area (Å²) in [6, 6.07) is 9.80. The van der Waals surface area contributed by atoms with E-state index in [4.69, 9.17) is 0 Å². The van der Waals surface area contributed by atoms with Gasteiger partial charge in [-0.25, -0.2) is 0 Å². The van der Waals surface area contributed by atoms with E-state index in [2.05, 4.69) is 57.3 Å².